The maximum Gasteiger partial charge on any atom is 0.275 e. The van der Waals surface area contributed by atoms with E-state index in [1.165, 1.54) is 17.5 Å². The lowest BCUT2D eigenvalue weighted by Crippen LogP contribution is -2.15. The van der Waals surface area contributed by atoms with Gasteiger partial charge in [0.2, 0.25) is 0 Å². The Kier molecular flexibility index (Phi) is 3.80. The topological polar surface area (TPSA) is 54.0 Å². The number of nitrogens with zero attached hydrogens (tertiary/aromatic N) is 1. The molecule has 3 rings (SSSR count). The van der Waals surface area contributed by atoms with E-state index >= 15 is 0 Å². The number of rotatable bonds is 3. The van der Waals surface area contributed by atoms with Crippen LogP contribution in [0.3, 0.4) is 0 Å². The summed E-state index contributed by atoms with van der Waals surface area (Å²) in [7, 11) is 1.75. The van der Waals surface area contributed by atoms with Crippen molar-refractivity contribution in [1.29, 1.82) is 0 Å². The lowest BCUT2D eigenvalue weighted by Gasteiger charge is -2.09. The highest BCUT2D eigenvalue weighted by Gasteiger charge is 2.15. The summed E-state index contributed by atoms with van der Waals surface area (Å²) in [5, 5.41) is 6.10. The van der Waals surface area contributed by atoms with Crippen molar-refractivity contribution in [3.63, 3.8) is 0 Å². The quantitative estimate of drug-likeness (QED) is 0.912. The lowest BCUT2D eigenvalue weighted by atomic mass is 10.1. The van der Waals surface area contributed by atoms with Gasteiger partial charge in [0.15, 0.2) is 0 Å². The standard InChI is InChI=1S/C16H16ClN3O/c1-18-14-8-7-13(17)15(20-14)16(21)19-12-6-5-10-3-2-4-11(10)9-12/h5-9H,2-4H2,1H3,(H,18,20)(H,19,21). The van der Waals surface area contributed by atoms with Crippen LogP contribution in [0.2, 0.25) is 5.02 Å². The van der Waals surface area contributed by atoms with Crippen LogP contribution in [0.1, 0.15) is 28.0 Å². The van der Waals surface area contributed by atoms with Gasteiger partial charge in [-0.25, -0.2) is 4.98 Å². The Balaban J connectivity index is 1.83. The minimum atomic E-state index is -0.296. The fourth-order valence-corrected chi connectivity index (χ4v) is 2.77. The molecule has 0 fully saturated rings. The van der Waals surface area contributed by atoms with E-state index in [4.69, 9.17) is 11.6 Å². The summed E-state index contributed by atoms with van der Waals surface area (Å²) >= 11 is 6.06. The number of hydrogen-bond donors (Lipinski definition) is 2. The average molecular weight is 302 g/mol. The molecule has 0 radical (unpaired) electrons. The molecular weight excluding hydrogens is 286 g/mol. The molecule has 5 heteroatoms. The largest absolute Gasteiger partial charge is 0.373 e. The number of carbonyl (C=O) groups is 1. The number of pyridine rings is 1. The Morgan fingerprint density at radius 3 is 2.81 bits per heavy atom. The molecule has 1 amide bonds. The number of aromatic nitrogens is 1. The van der Waals surface area contributed by atoms with Gasteiger partial charge in [-0.3, -0.25) is 4.79 Å². The molecule has 1 aliphatic rings. The first-order valence-corrected chi connectivity index (χ1v) is 7.32. The number of amides is 1. The van der Waals surface area contributed by atoms with Gasteiger partial charge in [0.05, 0.1) is 5.02 Å². The van der Waals surface area contributed by atoms with Crippen molar-refractivity contribution in [3.8, 4) is 0 Å². The first-order valence-electron chi connectivity index (χ1n) is 6.95. The molecular formula is C16H16ClN3O. The number of benzene rings is 1. The molecule has 0 saturated carbocycles. The number of hydrogen-bond acceptors (Lipinski definition) is 3. The Bertz CT molecular complexity index is 700. The Labute approximate surface area is 128 Å². The summed E-state index contributed by atoms with van der Waals surface area (Å²) in [6.07, 6.45) is 3.39. The van der Waals surface area contributed by atoms with Gasteiger partial charge in [0.25, 0.3) is 5.91 Å². The molecule has 0 unspecified atom stereocenters. The molecule has 21 heavy (non-hydrogen) atoms. The molecule has 0 aliphatic heterocycles. The van der Waals surface area contributed by atoms with Crippen LogP contribution in [0, 0.1) is 0 Å². The van der Waals surface area contributed by atoms with Crippen molar-refractivity contribution in [1.82, 2.24) is 4.98 Å². The van der Waals surface area contributed by atoms with Crippen LogP contribution in [0.15, 0.2) is 30.3 Å². The molecule has 4 nitrogen and oxygen atoms in total. The van der Waals surface area contributed by atoms with E-state index in [1.807, 2.05) is 12.1 Å². The van der Waals surface area contributed by atoms with Crippen LogP contribution in [0.25, 0.3) is 0 Å². The minimum Gasteiger partial charge on any atom is -0.373 e. The van der Waals surface area contributed by atoms with Gasteiger partial charge in [-0.15, -0.1) is 0 Å². The molecule has 0 spiro atoms. The zero-order valence-corrected chi connectivity index (χ0v) is 12.5. The molecule has 0 saturated heterocycles. The van der Waals surface area contributed by atoms with Gasteiger partial charge in [-0.2, -0.15) is 0 Å². The van der Waals surface area contributed by atoms with Crippen LogP contribution in [0.4, 0.5) is 11.5 Å². The molecule has 1 heterocycles. The van der Waals surface area contributed by atoms with E-state index in [9.17, 15) is 4.79 Å². The van der Waals surface area contributed by atoms with Crippen molar-refractivity contribution in [2.24, 2.45) is 0 Å². The van der Waals surface area contributed by atoms with Gasteiger partial charge in [0, 0.05) is 12.7 Å². The number of halogens is 1. The normalized spacial score (nSPS) is 12.9. The molecule has 2 N–H and O–H groups in total. The predicted octanol–water partition coefficient (Wildman–Crippen LogP) is 3.52. The number of anilines is 2. The van der Waals surface area contributed by atoms with Gasteiger partial charge in [-0.1, -0.05) is 17.7 Å². The third-order valence-electron chi connectivity index (χ3n) is 3.67. The van der Waals surface area contributed by atoms with Crippen LogP contribution in [0.5, 0.6) is 0 Å². The van der Waals surface area contributed by atoms with Crippen LogP contribution >= 0.6 is 11.6 Å². The fourth-order valence-electron chi connectivity index (χ4n) is 2.58. The monoisotopic (exact) mass is 301 g/mol. The first-order chi connectivity index (χ1) is 10.2. The van der Waals surface area contributed by atoms with Crippen LogP contribution in [-0.4, -0.2) is 17.9 Å². The summed E-state index contributed by atoms with van der Waals surface area (Å²) in [6.45, 7) is 0. The predicted molar refractivity (Wildman–Crippen MR) is 85.2 cm³/mol. The molecule has 1 aromatic heterocycles. The van der Waals surface area contributed by atoms with Crippen molar-refractivity contribution in [2.45, 2.75) is 19.3 Å². The summed E-state index contributed by atoms with van der Waals surface area (Å²) in [5.41, 5.74) is 3.70. The Morgan fingerprint density at radius 1 is 1.19 bits per heavy atom. The third-order valence-corrected chi connectivity index (χ3v) is 3.98. The summed E-state index contributed by atoms with van der Waals surface area (Å²) in [6, 6.07) is 9.44. The molecule has 108 valence electrons. The summed E-state index contributed by atoms with van der Waals surface area (Å²) in [4.78, 5) is 16.5. The molecule has 1 aliphatic carbocycles. The minimum absolute atomic E-state index is 0.226. The van der Waals surface area contributed by atoms with E-state index in [0.29, 0.717) is 10.8 Å². The van der Waals surface area contributed by atoms with Crippen molar-refractivity contribution in [2.75, 3.05) is 17.7 Å². The Hall–Kier alpha value is -2.07. The number of nitrogens with one attached hydrogen (secondary N) is 2. The second kappa shape index (κ2) is 5.74. The molecule has 0 bridgehead atoms. The number of fused-ring (bicyclic) bond motifs is 1. The fraction of sp³-hybridized carbons (Fsp3) is 0.250. The smallest absolute Gasteiger partial charge is 0.275 e. The van der Waals surface area contributed by atoms with E-state index < -0.39 is 0 Å². The van der Waals surface area contributed by atoms with Gasteiger partial charge in [0.1, 0.15) is 11.5 Å². The average Bonchev–Trinajstić information content (AvgIpc) is 2.95. The third kappa shape index (κ3) is 2.85. The van der Waals surface area contributed by atoms with Gasteiger partial charge in [-0.05, 0) is 54.7 Å². The van der Waals surface area contributed by atoms with Gasteiger partial charge < -0.3 is 10.6 Å². The first kappa shape index (κ1) is 13.9. The number of aryl methyl sites for hydroxylation is 2. The molecule has 0 atom stereocenters. The summed E-state index contributed by atoms with van der Waals surface area (Å²) < 4.78 is 0. The summed E-state index contributed by atoms with van der Waals surface area (Å²) in [5.74, 6) is 0.313. The zero-order chi connectivity index (χ0) is 14.8. The van der Waals surface area contributed by atoms with E-state index in [2.05, 4.69) is 21.7 Å². The van der Waals surface area contributed by atoms with Gasteiger partial charge >= 0.3 is 0 Å². The second-order valence-electron chi connectivity index (χ2n) is 5.07. The lowest BCUT2D eigenvalue weighted by molar-refractivity contribution is 0.102. The second-order valence-corrected chi connectivity index (χ2v) is 5.48. The van der Waals surface area contributed by atoms with E-state index in [-0.39, 0.29) is 11.6 Å². The maximum absolute atomic E-state index is 12.3. The highest BCUT2D eigenvalue weighted by Crippen LogP contribution is 2.25. The van der Waals surface area contributed by atoms with Crippen LogP contribution in [-0.2, 0) is 12.8 Å². The van der Waals surface area contributed by atoms with E-state index in [1.54, 1.807) is 19.2 Å². The number of carbonyl (C=O) groups excluding carboxylic acids is 1. The van der Waals surface area contributed by atoms with Crippen molar-refractivity contribution >= 4 is 29.0 Å². The SMILES string of the molecule is CNc1ccc(Cl)c(C(=O)Nc2ccc3c(c2)CCC3)n1. The zero-order valence-electron chi connectivity index (χ0n) is 11.7. The Morgan fingerprint density at radius 2 is 2.00 bits per heavy atom. The van der Waals surface area contributed by atoms with Crippen molar-refractivity contribution in [3.05, 3.63) is 52.2 Å². The molecule has 2 aromatic rings. The molecule has 1 aromatic carbocycles. The van der Waals surface area contributed by atoms with E-state index in [0.717, 1.165) is 18.5 Å². The highest BCUT2D eigenvalue weighted by molar-refractivity contribution is 6.34. The van der Waals surface area contributed by atoms with Crippen LogP contribution < -0.4 is 10.6 Å². The highest BCUT2D eigenvalue weighted by atomic mass is 35.5. The van der Waals surface area contributed by atoms with Crippen molar-refractivity contribution < 1.29 is 4.79 Å². The maximum atomic E-state index is 12.3.